The minimum absolute atomic E-state index is 0.125. The maximum absolute atomic E-state index is 9.62. The molecular formula is H4F2Ge2. The molecule has 2 radical (unpaired) electrons. The van der Waals surface area contributed by atoms with Gasteiger partial charge in [-0.15, -0.1) is 0 Å². The van der Waals surface area contributed by atoms with E-state index in [1.807, 2.05) is 0 Å². The third kappa shape index (κ3) is 12.5. The summed E-state index contributed by atoms with van der Waals surface area (Å²) in [4.78, 5) is 0. The molecule has 4 heteroatoms. The van der Waals surface area contributed by atoms with Gasteiger partial charge in [0.25, 0.3) is 0 Å². The number of hydrogen-bond acceptors (Lipinski definition) is 0. The summed E-state index contributed by atoms with van der Waals surface area (Å²) < 4.78 is 19.2. The summed E-state index contributed by atoms with van der Waals surface area (Å²) in [5.74, 6) is 0. The fraction of sp³-hybridized carbons (Fsp3) is 0. The van der Waals surface area contributed by atoms with Crippen molar-refractivity contribution >= 4 is 34.0 Å². The van der Waals surface area contributed by atoms with Crippen molar-refractivity contribution in [3.8, 4) is 0 Å². The van der Waals surface area contributed by atoms with E-state index >= 15 is 0 Å². The van der Waals surface area contributed by atoms with Gasteiger partial charge in [0.1, 0.15) is 0 Å². The average molecular weight is 187 g/mol. The molecule has 0 fully saturated rings. The van der Waals surface area contributed by atoms with Gasteiger partial charge < -0.3 is 0 Å². The van der Waals surface area contributed by atoms with Crippen LogP contribution in [0.15, 0.2) is 0 Å². The van der Waals surface area contributed by atoms with Gasteiger partial charge in [-0.25, -0.2) is 0 Å². The van der Waals surface area contributed by atoms with Crippen LogP contribution >= 0.6 is 0 Å². The van der Waals surface area contributed by atoms with Crippen LogP contribution in [0.2, 0.25) is 0 Å². The van der Waals surface area contributed by atoms with Crippen LogP contribution in [0.5, 0.6) is 0 Å². The first-order valence-electron chi connectivity index (χ1n) is 0.535. The van der Waals surface area contributed by atoms with Crippen molar-refractivity contribution in [3.05, 3.63) is 0 Å². The van der Waals surface area contributed by atoms with E-state index in [2.05, 4.69) is 0 Å². The fourth-order valence-corrected chi connectivity index (χ4v) is 0. The van der Waals surface area contributed by atoms with E-state index in [4.69, 9.17) is 0 Å². The molecule has 0 N–H and O–H groups in total. The zero-order valence-electron chi connectivity index (χ0n) is 2.17. The van der Waals surface area contributed by atoms with Crippen LogP contribution in [0, 0.1) is 0 Å². The molecule has 0 aromatic heterocycles. The molecule has 0 spiro atoms. The molecule has 0 aliphatic heterocycles. The molecule has 0 atom stereocenters. The summed E-state index contributed by atoms with van der Waals surface area (Å²) in [6, 6.07) is 0. The Morgan fingerprint density at radius 2 is 0.750 bits per heavy atom. The van der Waals surface area contributed by atoms with Gasteiger partial charge in [0, 0.05) is 0 Å². The molecular weight excluding hydrogens is 183 g/mol. The first kappa shape index (κ1) is 8.87. The van der Waals surface area contributed by atoms with Gasteiger partial charge in [0.2, 0.25) is 0 Å². The molecule has 0 aromatic carbocycles. The van der Waals surface area contributed by atoms with Gasteiger partial charge in [-0.1, -0.05) is 0 Å². The first-order valence-corrected chi connectivity index (χ1v) is 2.78. The zero-order chi connectivity index (χ0) is 4.00. The van der Waals surface area contributed by atoms with Crippen molar-refractivity contribution in [2.24, 2.45) is 0 Å². The van der Waals surface area contributed by atoms with Gasteiger partial charge in [-0.3, -0.25) is 0 Å². The molecule has 0 saturated carbocycles. The Bertz CT molecular complexity index is 4.00. The Hall–Kier alpha value is 0.946. The van der Waals surface area contributed by atoms with E-state index in [-0.39, 0.29) is 34.0 Å². The second-order valence-electron chi connectivity index (χ2n) is 0. The quantitative estimate of drug-likeness (QED) is 0.427. The molecule has 0 nitrogen and oxygen atoms in total. The van der Waals surface area contributed by atoms with E-state index in [0.717, 1.165) is 0 Å². The molecule has 0 amide bonds. The van der Waals surface area contributed by atoms with Crippen molar-refractivity contribution in [3.63, 3.8) is 0 Å². The van der Waals surface area contributed by atoms with Crippen LogP contribution in [0.4, 0.5) is 7.00 Å². The summed E-state index contributed by atoms with van der Waals surface area (Å²) in [5, 5.41) is 0. The molecule has 4 heavy (non-hydrogen) atoms. The Kier molecular flexibility index (Phi) is 84.9. The first-order chi connectivity index (χ1) is 2.00. The van der Waals surface area contributed by atoms with Crippen LogP contribution in [0.3, 0.4) is 0 Å². The molecule has 0 aliphatic carbocycles. The Labute approximate surface area is 41.4 Å². The normalized spacial score (nSPS) is 3.00. The van der Waals surface area contributed by atoms with Crippen LogP contribution in [0.1, 0.15) is 0 Å². The Morgan fingerprint density at radius 3 is 0.750 bits per heavy atom. The molecule has 0 bridgehead atoms. The van der Waals surface area contributed by atoms with Crippen molar-refractivity contribution < 1.29 is 7.00 Å². The fourth-order valence-electron chi connectivity index (χ4n) is 0. The van der Waals surface area contributed by atoms with Crippen LogP contribution < -0.4 is 0 Å². The van der Waals surface area contributed by atoms with Crippen molar-refractivity contribution in [1.82, 2.24) is 0 Å². The average Bonchev–Trinajstić information content (AvgIpc) is 1.50. The van der Waals surface area contributed by atoms with Crippen LogP contribution in [-0.4, -0.2) is 34.0 Å². The SMILES string of the molecule is [F][GeH2].[F][GeH2]. The number of hydrogen-bond donors (Lipinski definition) is 0. The molecule has 0 aromatic rings. The summed E-state index contributed by atoms with van der Waals surface area (Å²) >= 11 is -0.250. The molecule has 0 heterocycles. The third-order valence-corrected chi connectivity index (χ3v) is 0. The Balaban J connectivity index is 0. The van der Waals surface area contributed by atoms with Gasteiger partial charge in [0.15, 0.2) is 0 Å². The molecule has 0 saturated heterocycles. The van der Waals surface area contributed by atoms with Crippen LogP contribution in [-0.2, 0) is 0 Å². The van der Waals surface area contributed by atoms with E-state index in [1.165, 1.54) is 0 Å². The minimum atomic E-state index is -0.125. The van der Waals surface area contributed by atoms with Crippen LogP contribution in [0.25, 0.3) is 0 Å². The predicted octanol–water partition coefficient (Wildman–Crippen LogP) is -0.992. The van der Waals surface area contributed by atoms with E-state index < -0.39 is 0 Å². The number of halogens is 2. The monoisotopic (exact) mass is 190 g/mol. The molecule has 0 rings (SSSR count). The van der Waals surface area contributed by atoms with Gasteiger partial charge in [-0.05, 0) is 0 Å². The van der Waals surface area contributed by atoms with E-state index in [0.29, 0.717) is 0 Å². The summed E-state index contributed by atoms with van der Waals surface area (Å²) in [5.41, 5.74) is 0. The second-order valence-corrected chi connectivity index (χ2v) is 0. The Morgan fingerprint density at radius 1 is 0.750 bits per heavy atom. The topological polar surface area (TPSA) is 0 Å². The van der Waals surface area contributed by atoms with Crippen molar-refractivity contribution in [2.45, 2.75) is 0 Å². The summed E-state index contributed by atoms with van der Waals surface area (Å²) in [6.07, 6.45) is 0. The van der Waals surface area contributed by atoms with E-state index in [9.17, 15) is 7.00 Å². The summed E-state index contributed by atoms with van der Waals surface area (Å²) in [7, 11) is 0. The molecule has 0 aliphatic rings. The molecule has 0 unspecified atom stereocenters. The van der Waals surface area contributed by atoms with Gasteiger partial charge >= 0.3 is 41.0 Å². The predicted molar refractivity (Wildman–Crippen MR) is 19.3 cm³/mol. The van der Waals surface area contributed by atoms with Crippen molar-refractivity contribution in [2.75, 3.05) is 0 Å². The zero-order valence-corrected chi connectivity index (χ0v) is 8.10. The third-order valence-electron chi connectivity index (χ3n) is 0. The van der Waals surface area contributed by atoms with Gasteiger partial charge in [-0.2, -0.15) is 0 Å². The second kappa shape index (κ2) is 38.3. The maximum atomic E-state index is 9.62. The molecule has 26 valence electrons. The summed E-state index contributed by atoms with van der Waals surface area (Å²) in [6.45, 7) is 0. The van der Waals surface area contributed by atoms with Crippen molar-refractivity contribution in [1.29, 1.82) is 0 Å². The van der Waals surface area contributed by atoms with Gasteiger partial charge in [0.05, 0.1) is 0 Å². The number of rotatable bonds is 0. The van der Waals surface area contributed by atoms with E-state index in [1.54, 1.807) is 0 Å². The standard InChI is InChI=1S/2FGeH2/c2*1-2/h2*2H2.